The van der Waals surface area contributed by atoms with Crippen LogP contribution in [0.5, 0.6) is 0 Å². The molecule has 1 aliphatic rings. The minimum Gasteiger partial charge on any atom is -0.351 e. The summed E-state index contributed by atoms with van der Waals surface area (Å²) in [5.41, 5.74) is -0.222. The Hall–Kier alpha value is -1.07. The smallest absolute Gasteiger partial charge is 0.220 e. The number of carbonyl (C=O) groups is 2. The number of hydrogen-bond donors (Lipinski definition) is 2. The van der Waals surface area contributed by atoms with Gasteiger partial charge in [-0.1, -0.05) is 11.6 Å². The first kappa shape index (κ1) is 14.3. The highest BCUT2D eigenvalue weighted by molar-refractivity contribution is 7.16. The summed E-state index contributed by atoms with van der Waals surface area (Å²) in [6, 6.07) is 3.73. The Morgan fingerprint density at radius 3 is 2.95 bits per heavy atom. The molecule has 104 valence electrons. The monoisotopic (exact) mass is 300 g/mol. The second-order valence-corrected chi connectivity index (χ2v) is 6.89. The lowest BCUT2D eigenvalue weighted by Crippen LogP contribution is -2.39. The lowest BCUT2D eigenvalue weighted by atomic mass is 9.94. The molecule has 0 aromatic carbocycles. The van der Waals surface area contributed by atoms with E-state index in [0.29, 0.717) is 25.8 Å². The van der Waals surface area contributed by atoms with Gasteiger partial charge in [0, 0.05) is 23.3 Å². The molecular weight excluding hydrogens is 284 g/mol. The fourth-order valence-electron chi connectivity index (χ4n) is 2.15. The third-order valence-corrected chi connectivity index (χ3v) is 4.57. The summed E-state index contributed by atoms with van der Waals surface area (Å²) in [6.07, 6.45) is 2.47. The summed E-state index contributed by atoms with van der Waals surface area (Å²) in [7, 11) is 0. The molecule has 2 N–H and O–H groups in total. The standard InChI is InChI=1S/C13H17ClN2O2S/c1-13(7-5-12(18)16-13)6-4-11(17)15-8-9-2-3-10(14)19-9/h2-3H,4-8H2,1H3,(H,15,17)(H,16,18). The van der Waals surface area contributed by atoms with E-state index < -0.39 is 0 Å². The van der Waals surface area contributed by atoms with Gasteiger partial charge in [0.05, 0.1) is 10.9 Å². The molecule has 4 nitrogen and oxygen atoms in total. The fourth-order valence-corrected chi connectivity index (χ4v) is 3.18. The van der Waals surface area contributed by atoms with E-state index >= 15 is 0 Å². The van der Waals surface area contributed by atoms with E-state index in [9.17, 15) is 9.59 Å². The van der Waals surface area contributed by atoms with Gasteiger partial charge in [-0.3, -0.25) is 9.59 Å². The van der Waals surface area contributed by atoms with Crippen LogP contribution in [0, 0.1) is 0 Å². The van der Waals surface area contributed by atoms with Crippen molar-refractivity contribution in [3.8, 4) is 0 Å². The van der Waals surface area contributed by atoms with Crippen molar-refractivity contribution in [3.63, 3.8) is 0 Å². The number of nitrogens with one attached hydrogen (secondary N) is 2. The van der Waals surface area contributed by atoms with Crippen LogP contribution in [0.3, 0.4) is 0 Å². The summed E-state index contributed by atoms with van der Waals surface area (Å²) < 4.78 is 0.727. The van der Waals surface area contributed by atoms with Gasteiger partial charge in [-0.05, 0) is 31.9 Å². The van der Waals surface area contributed by atoms with Crippen LogP contribution in [0.15, 0.2) is 12.1 Å². The first-order valence-electron chi connectivity index (χ1n) is 6.29. The molecule has 1 unspecified atom stereocenters. The van der Waals surface area contributed by atoms with E-state index in [1.54, 1.807) is 0 Å². The van der Waals surface area contributed by atoms with Gasteiger partial charge < -0.3 is 10.6 Å². The van der Waals surface area contributed by atoms with E-state index in [1.165, 1.54) is 11.3 Å². The summed E-state index contributed by atoms with van der Waals surface area (Å²) >= 11 is 7.29. The van der Waals surface area contributed by atoms with Crippen molar-refractivity contribution in [1.29, 1.82) is 0 Å². The van der Waals surface area contributed by atoms with Crippen molar-refractivity contribution in [3.05, 3.63) is 21.3 Å². The van der Waals surface area contributed by atoms with Crippen molar-refractivity contribution >= 4 is 34.8 Å². The molecule has 19 heavy (non-hydrogen) atoms. The zero-order valence-corrected chi connectivity index (χ0v) is 12.4. The van der Waals surface area contributed by atoms with Crippen LogP contribution in [-0.2, 0) is 16.1 Å². The minimum atomic E-state index is -0.222. The summed E-state index contributed by atoms with van der Waals surface area (Å²) in [5, 5.41) is 5.79. The molecule has 2 amide bonds. The Morgan fingerprint density at radius 1 is 1.58 bits per heavy atom. The molecule has 0 radical (unpaired) electrons. The zero-order chi connectivity index (χ0) is 13.9. The van der Waals surface area contributed by atoms with Crippen LogP contribution in [0.25, 0.3) is 0 Å². The average molecular weight is 301 g/mol. The van der Waals surface area contributed by atoms with Gasteiger partial charge >= 0.3 is 0 Å². The van der Waals surface area contributed by atoms with Crippen molar-refractivity contribution in [1.82, 2.24) is 10.6 Å². The third kappa shape index (κ3) is 4.21. The molecule has 1 aliphatic heterocycles. The SMILES string of the molecule is CC1(CCC(=O)NCc2ccc(Cl)s2)CCC(=O)N1. The summed E-state index contributed by atoms with van der Waals surface area (Å²) in [6.45, 7) is 2.50. The third-order valence-electron chi connectivity index (χ3n) is 3.34. The highest BCUT2D eigenvalue weighted by atomic mass is 35.5. The first-order chi connectivity index (χ1) is 8.97. The molecule has 0 saturated carbocycles. The van der Waals surface area contributed by atoms with Gasteiger partial charge in [-0.25, -0.2) is 0 Å². The molecule has 1 aromatic heterocycles. The van der Waals surface area contributed by atoms with Crippen LogP contribution >= 0.6 is 22.9 Å². The first-order valence-corrected chi connectivity index (χ1v) is 7.48. The van der Waals surface area contributed by atoms with Gasteiger partial charge in [0.15, 0.2) is 0 Å². The van der Waals surface area contributed by atoms with E-state index in [2.05, 4.69) is 10.6 Å². The van der Waals surface area contributed by atoms with Gasteiger partial charge in [0.1, 0.15) is 0 Å². The average Bonchev–Trinajstić information content (AvgIpc) is 2.91. The number of thiophene rings is 1. The zero-order valence-electron chi connectivity index (χ0n) is 10.8. The molecule has 2 rings (SSSR count). The molecule has 0 aliphatic carbocycles. The Kier molecular flexibility index (Phi) is 4.47. The van der Waals surface area contributed by atoms with E-state index in [1.807, 2.05) is 19.1 Å². The fraction of sp³-hybridized carbons (Fsp3) is 0.538. The van der Waals surface area contributed by atoms with Crippen LogP contribution in [0.2, 0.25) is 4.34 Å². The minimum absolute atomic E-state index is 0.00639. The number of amides is 2. The number of carbonyl (C=O) groups excluding carboxylic acids is 2. The number of halogens is 1. The van der Waals surface area contributed by atoms with Gasteiger partial charge in [-0.15, -0.1) is 11.3 Å². The molecule has 1 aromatic rings. The normalized spacial score (nSPS) is 22.3. The lowest BCUT2D eigenvalue weighted by molar-refractivity contribution is -0.122. The second-order valence-electron chi connectivity index (χ2n) is 5.09. The van der Waals surface area contributed by atoms with Crippen LogP contribution in [0.4, 0.5) is 0 Å². The quantitative estimate of drug-likeness (QED) is 0.877. The maximum atomic E-state index is 11.8. The maximum Gasteiger partial charge on any atom is 0.220 e. The molecular formula is C13H17ClN2O2S. The van der Waals surface area contributed by atoms with Crippen LogP contribution < -0.4 is 10.6 Å². The van der Waals surface area contributed by atoms with Crippen LogP contribution in [0.1, 0.15) is 37.5 Å². The molecule has 2 heterocycles. The summed E-state index contributed by atoms with van der Waals surface area (Å²) in [5.74, 6) is 0.0861. The van der Waals surface area contributed by atoms with Gasteiger partial charge in [-0.2, -0.15) is 0 Å². The highest BCUT2D eigenvalue weighted by Crippen LogP contribution is 2.24. The van der Waals surface area contributed by atoms with Crippen molar-refractivity contribution in [2.75, 3.05) is 0 Å². The predicted octanol–water partition coefficient (Wildman–Crippen LogP) is 2.47. The largest absolute Gasteiger partial charge is 0.351 e. The molecule has 6 heteroatoms. The lowest BCUT2D eigenvalue weighted by Gasteiger charge is -2.23. The maximum absolute atomic E-state index is 11.8. The molecule has 1 fully saturated rings. The van der Waals surface area contributed by atoms with E-state index in [4.69, 9.17) is 11.6 Å². The number of rotatable bonds is 5. The summed E-state index contributed by atoms with van der Waals surface area (Å²) in [4.78, 5) is 24.0. The van der Waals surface area contributed by atoms with Gasteiger partial charge in [0.25, 0.3) is 0 Å². The number of hydrogen-bond acceptors (Lipinski definition) is 3. The Labute approximate surface area is 121 Å². The molecule has 1 saturated heterocycles. The second kappa shape index (κ2) is 5.92. The van der Waals surface area contributed by atoms with E-state index in [-0.39, 0.29) is 17.4 Å². The molecule has 1 atom stereocenters. The van der Waals surface area contributed by atoms with Crippen molar-refractivity contribution in [2.45, 2.75) is 44.7 Å². The predicted molar refractivity (Wildman–Crippen MR) is 76.2 cm³/mol. The highest BCUT2D eigenvalue weighted by Gasteiger charge is 2.32. The van der Waals surface area contributed by atoms with E-state index in [0.717, 1.165) is 15.6 Å². The van der Waals surface area contributed by atoms with Gasteiger partial charge in [0.2, 0.25) is 11.8 Å². The van der Waals surface area contributed by atoms with Crippen molar-refractivity contribution in [2.24, 2.45) is 0 Å². The Bertz CT molecular complexity index is 489. The Morgan fingerprint density at radius 2 is 2.37 bits per heavy atom. The Balaban J connectivity index is 1.71. The van der Waals surface area contributed by atoms with Crippen LogP contribution in [-0.4, -0.2) is 17.4 Å². The van der Waals surface area contributed by atoms with Crippen molar-refractivity contribution < 1.29 is 9.59 Å². The molecule has 0 bridgehead atoms. The topological polar surface area (TPSA) is 58.2 Å². The molecule has 0 spiro atoms.